The van der Waals surface area contributed by atoms with E-state index in [1.54, 1.807) is 26.2 Å². The summed E-state index contributed by atoms with van der Waals surface area (Å²) in [5.74, 6) is 0.381. The quantitative estimate of drug-likeness (QED) is 0.335. The van der Waals surface area contributed by atoms with E-state index in [-0.39, 0.29) is 11.5 Å². The second-order valence-corrected chi connectivity index (χ2v) is 8.70. The number of amides is 1. The minimum Gasteiger partial charge on any atom is -0.495 e. The molecule has 0 saturated carbocycles. The first-order valence-electron chi connectivity index (χ1n) is 9.24. The van der Waals surface area contributed by atoms with Gasteiger partial charge in [0.1, 0.15) is 10.6 Å². The summed E-state index contributed by atoms with van der Waals surface area (Å²) in [7, 11) is 1.55. The van der Waals surface area contributed by atoms with E-state index < -0.39 is 5.25 Å². The average molecular weight is 438 g/mol. The number of H-pyrrole nitrogens is 1. The van der Waals surface area contributed by atoms with Gasteiger partial charge in [-0.3, -0.25) is 9.59 Å². The zero-order valence-corrected chi connectivity index (χ0v) is 18.0. The van der Waals surface area contributed by atoms with Gasteiger partial charge in [-0.25, -0.2) is 4.98 Å². The van der Waals surface area contributed by atoms with Gasteiger partial charge in [-0.05, 0) is 24.6 Å². The van der Waals surface area contributed by atoms with E-state index in [4.69, 9.17) is 4.74 Å². The Labute approximate surface area is 181 Å². The summed E-state index contributed by atoms with van der Waals surface area (Å²) in [6, 6.07) is 17.0. The van der Waals surface area contributed by atoms with Crippen molar-refractivity contribution in [2.45, 2.75) is 17.3 Å². The van der Waals surface area contributed by atoms with Crippen molar-refractivity contribution in [1.82, 2.24) is 9.97 Å². The van der Waals surface area contributed by atoms with Crippen molar-refractivity contribution in [2.24, 2.45) is 0 Å². The Morgan fingerprint density at radius 2 is 1.90 bits per heavy atom. The van der Waals surface area contributed by atoms with Gasteiger partial charge in [0.2, 0.25) is 5.91 Å². The molecule has 0 fully saturated rings. The first kappa shape index (κ1) is 20.2. The lowest BCUT2D eigenvalue weighted by molar-refractivity contribution is -0.115. The first-order valence-corrected chi connectivity index (χ1v) is 11.0. The number of nitrogens with zero attached hydrogens (tertiary/aromatic N) is 1. The first-order chi connectivity index (χ1) is 14.6. The van der Waals surface area contributed by atoms with Crippen molar-refractivity contribution in [3.63, 3.8) is 0 Å². The number of nitrogens with one attached hydrogen (secondary N) is 2. The number of hydrogen-bond acceptors (Lipinski definition) is 6. The largest absolute Gasteiger partial charge is 0.495 e. The lowest BCUT2D eigenvalue weighted by Crippen LogP contribution is -2.23. The van der Waals surface area contributed by atoms with Crippen LogP contribution in [-0.2, 0) is 4.79 Å². The maximum Gasteiger partial charge on any atom is 0.260 e. The molecule has 2 N–H and O–H groups in total. The van der Waals surface area contributed by atoms with Gasteiger partial charge >= 0.3 is 0 Å². The highest BCUT2D eigenvalue weighted by Gasteiger charge is 2.19. The molecule has 0 saturated heterocycles. The third kappa shape index (κ3) is 4.10. The summed E-state index contributed by atoms with van der Waals surface area (Å²) in [4.78, 5) is 33.4. The molecule has 1 amide bonds. The van der Waals surface area contributed by atoms with Crippen LogP contribution in [0.15, 0.2) is 69.9 Å². The number of carbonyl (C=O) groups excluding carboxylic acids is 1. The fourth-order valence-corrected chi connectivity index (χ4v) is 4.82. The molecule has 2 aromatic heterocycles. The Morgan fingerprint density at radius 1 is 1.17 bits per heavy atom. The van der Waals surface area contributed by atoms with Crippen LogP contribution in [0.5, 0.6) is 5.75 Å². The summed E-state index contributed by atoms with van der Waals surface area (Å²) in [5, 5.41) is 5.31. The van der Waals surface area contributed by atoms with Gasteiger partial charge in [-0.15, -0.1) is 11.3 Å². The molecule has 0 aliphatic carbocycles. The molecule has 0 aliphatic heterocycles. The normalized spacial score (nSPS) is 11.9. The van der Waals surface area contributed by atoms with Gasteiger partial charge in [0, 0.05) is 10.9 Å². The van der Waals surface area contributed by atoms with E-state index in [2.05, 4.69) is 15.3 Å². The van der Waals surface area contributed by atoms with Crippen LogP contribution < -0.4 is 15.6 Å². The number of benzene rings is 2. The number of aromatic nitrogens is 2. The number of carbonyl (C=O) groups is 1. The molecule has 2 aromatic carbocycles. The predicted molar refractivity (Wildman–Crippen MR) is 123 cm³/mol. The number of para-hydroxylation sites is 2. The van der Waals surface area contributed by atoms with Crippen LogP contribution in [0.4, 0.5) is 5.69 Å². The highest BCUT2D eigenvalue weighted by molar-refractivity contribution is 8.00. The third-order valence-electron chi connectivity index (χ3n) is 4.53. The molecule has 8 heteroatoms. The molecular formula is C22H19N3O3S2. The maximum absolute atomic E-state index is 12.8. The Kier molecular flexibility index (Phi) is 5.87. The second-order valence-electron chi connectivity index (χ2n) is 6.52. The van der Waals surface area contributed by atoms with Crippen LogP contribution in [0, 0.1) is 0 Å². The van der Waals surface area contributed by atoms with Crippen molar-refractivity contribution in [1.29, 1.82) is 0 Å². The standard InChI is InChI=1S/C22H19N3O3S2/c1-13(19(26)23-16-10-6-7-11-17(16)28-2)30-22-24-20(27)18-15(12-29-21(18)25-22)14-8-4-3-5-9-14/h3-13H,1-2H3,(H,23,26)(H,24,25,27). The Balaban J connectivity index is 1.55. The number of thiophene rings is 1. The molecule has 4 aromatic rings. The number of anilines is 1. The van der Waals surface area contributed by atoms with E-state index >= 15 is 0 Å². The van der Waals surface area contributed by atoms with Gasteiger partial charge in [-0.2, -0.15) is 0 Å². The van der Waals surface area contributed by atoms with Gasteiger partial charge in [0.15, 0.2) is 5.16 Å². The molecule has 1 atom stereocenters. The summed E-state index contributed by atoms with van der Waals surface area (Å²) in [6.45, 7) is 1.77. The summed E-state index contributed by atoms with van der Waals surface area (Å²) in [6.07, 6.45) is 0. The van der Waals surface area contributed by atoms with Gasteiger partial charge in [0.05, 0.1) is 23.4 Å². The van der Waals surface area contributed by atoms with E-state index in [1.807, 2.05) is 47.8 Å². The molecule has 1 unspecified atom stereocenters. The number of methoxy groups -OCH3 is 1. The van der Waals surface area contributed by atoms with Crippen LogP contribution >= 0.6 is 23.1 Å². The molecule has 0 aliphatic rings. The van der Waals surface area contributed by atoms with Crippen LogP contribution in [0.25, 0.3) is 21.3 Å². The monoisotopic (exact) mass is 437 g/mol. The van der Waals surface area contributed by atoms with E-state index in [1.165, 1.54) is 23.1 Å². The van der Waals surface area contributed by atoms with Crippen molar-refractivity contribution < 1.29 is 9.53 Å². The van der Waals surface area contributed by atoms with Crippen LogP contribution in [0.3, 0.4) is 0 Å². The molecule has 30 heavy (non-hydrogen) atoms. The van der Waals surface area contributed by atoms with Crippen molar-refractivity contribution in [3.05, 3.63) is 70.3 Å². The average Bonchev–Trinajstić information content (AvgIpc) is 3.19. The number of ether oxygens (including phenoxy) is 1. The molecule has 6 nitrogen and oxygen atoms in total. The zero-order valence-electron chi connectivity index (χ0n) is 16.3. The molecule has 0 spiro atoms. The summed E-state index contributed by atoms with van der Waals surface area (Å²) in [5.41, 5.74) is 2.23. The van der Waals surface area contributed by atoms with Gasteiger partial charge < -0.3 is 15.0 Å². The Morgan fingerprint density at radius 3 is 2.67 bits per heavy atom. The van der Waals surface area contributed by atoms with Crippen LogP contribution in [0.1, 0.15) is 6.92 Å². The Hall–Kier alpha value is -3.10. The van der Waals surface area contributed by atoms with Crippen LogP contribution in [-0.4, -0.2) is 28.2 Å². The molecule has 0 bridgehead atoms. The smallest absolute Gasteiger partial charge is 0.260 e. The number of thioether (sulfide) groups is 1. The molecule has 2 heterocycles. The highest BCUT2D eigenvalue weighted by atomic mass is 32.2. The molecule has 4 rings (SSSR count). The van der Waals surface area contributed by atoms with E-state index in [9.17, 15) is 9.59 Å². The number of fused-ring (bicyclic) bond motifs is 1. The van der Waals surface area contributed by atoms with Gasteiger partial charge in [-0.1, -0.05) is 54.2 Å². The van der Waals surface area contributed by atoms with E-state index in [0.717, 1.165) is 11.1 Å². The maximum atomic E-state index is 12.8. The van der Waals surface area contributed by atoms with E-state index in [0.29, 0.717) is 26.8 Å². The topological polar surface area (TPSA) is 84.1 Å². The highest BCUT2D eigenvalue weighted by Crippen LogP contribution is 2.32. The van der Waals surface area contributed by atoms with Crippen LogP contribution in [0.2, 0.25) is 0 Å². The van der Waals surface area contributed by atoms with Gasteiger partial charge in [0.25, 0.3) is 5.56 Å². The van der Waals surface area contributed by atoms with Crippen molar-refractivity contribution in [2.75, 3.05) is 12.4 Å². The summed E-state index contributed by atoms with van der Waals surface area (Å²) < 4.78 is 5.27. The number of aromatic amines is 1. The number of hydrogen-bond donors (Lipinski definition) is 2. The minimum absolute atomic E-state index is 0.205. The lowest BCUT2D eigenvalue weighted by Gasteiger charge is -2.13. The fourth-order valence-electron chi connectivity index (χ4n) is 3.02. The minimum atomic E-state index is -0.468. The summed E-state index contributed by atoms with van der Waals surface area (Å²) >= 11 is 2.62. The zero-order chi connectivity index (χ0) is 21.1. The Bertz CT molecular complexity index is 1250. The SMILES string of the molecule is COc1ccccc1NC(=O)C(C)Sc1nc2scc(-c3ccccc3)c2c(=O)[nH]1. The second kappa shape index (κ2) is 8.73. The lowest BCUT2D eigenvalue weighted by atomic mass is 10.1. The number of rotatable bonds is 6. The van der Waals surface area contributed by atoms with Crippen molar-refractivity contribution >= 4 is 44.9 Å². The fraction of sp³-hybridized carbons (Fsp3) is 0.136. The molecular weight excluding hydrogens is 418 g/mol. The third-order valence-corrected chi connectivity index (χ3v) is 6.39. The van der Waals surface area contributed by atoms with Crippen molar-refractivity contribution in [3.8, 4) is 16.9 Å². The predicted octanol–water partition coefficient (Wildman–Crippen LogP) is 4.78. The molecule has 152 valence electrons. The molecule has 0 radical (unpaired) electrons.